The molecule has 27 heavy (non-hydrogen) atoms. The minimum Gasteiger partial charge on any atom is -0.487 e. The number of halogens is 2. The van der Waals surface area contributed by atoms with Gasteiger partial charge in [0.25, 0.3) is 0 Å². The number of hydrogen-bond donors (Lipinski definition) is 0. The van der Waals surface area contributed by atoms with Gasteiger partial charge in [-0.05, 0) is 64.9 Å². The summed E-state index contributed by atoms with van der Waals surface area (Å²) >= 11 is 12.2. The Labute approximate surface area is 172 Å². The van der Waals surface area contributed by atoms with E-state index in [1.165, 1.54) is 12.8 Å². The fourth-order valence-corrected chi connectivity index (χ4v) is 3.41. The highest BCUT2D eigenvalue weighted by Crippen LogP contribution is 2.29. The standard InChI is InChI=1S/C20H30Cl2N2O3/c1-20(2,3)27-19(25)23(4)12-9-16(14-24-10-5-6-11-24)26-18-8-7-15(21)13-17(18)22/h7-8,13,16H,5-6,9-12,14H2,1-4H3. The molecule has 0 saturated carbocycles. The maximum atomic E-state index is 12.2. The second-order valence-electron chi connectivity index (χ2n) is 8.01. The zero-order chi connectivity index (χ0) is 20.0. The van der Waals surface area contributed by atoms with Crippen LogP contribution in [0, 0.1) is 0 Å². The minimum absolute atomic E-state index is 0.0772. The molecule has 1 aromatic carbocycles. The number of nitrogens with zero attached hydrogens (tertiary/aromatic N) is 2. The lowest BCUT2D eigenvalue weighted by molar-refractivity contribution is 0.0272. The normalized spacial score (nSPS) is 16.2. The summed E-state index contributed by atoms with van der Waals surface area (Å²) < 4.78 is 11.6. The van der Waals surface area contributed by atoms with Gasteiger partial charge in [-0.1, -0.05) is 23.2 Å². The van der Waals surface area contributed by atoms with Crippen LogP contribution in [0.3, 0.4) is 0 Å². The van der Waals surface area contributed by atoms with Crippen LogP contribution in [0.25, 0.3) is 0 Å². The molecule has 0 aliphatic carbocycles. The molecule has 7 heteroatoms. The first kappa shape index (κ1) is 22.1. The molecule has 1 atom stereocenters. The second kappa shape index (κ2) is 9.85. The molecule has 0 spiro atoms. The van der Waals surface area contributed by atoms with Crippen LogP contribution in [0.2, 0.25) is 10.0 Å². The van der Waals surface area contributed by atoms with Crippen LogP contribution >= 0.6 is 23.2 Å². The Bertz CT molecular complexity index is 628. The SMILES string of the molecule is CN(CCC(CN1CCCC1)Oc1ccc(Cl)cc1Cl)C(=O)OC(C)(C)C. The van der Waals surface area contributed by atoms with Crippen LogP contribution in [0.5, 0.6) is 5.75 Å². The van der Waals surface area contributed by atoms with E-state index < -0.39 is 5.60 Å². The molecule has 1 fully saturated rings. The molecular formula is C20H30Cl2N2O3. The van der Waals surface area contributed by atoms with E-state index in [9.17, 15) is 4.79 Å². The van der Waals surface area contributed by atoms with E-state index in [0.29, 0.717) is 28.8 Å². The number of carbonyl (C=O) groups excluding carboxylic acids is 1. The van der Waals surface area contributed by atoms with Crippen molar-refractivity contribution in [3.8, 4) is 5.75 Å². The van der Waals surface area contributed by atoms with E-state index in [2.05, 4.69) is 4.90 Å². The van der Waals surface area contributed by atoms with Gasteiger partial charge in [-0.15, -0.1) is 0 Å². The van der Waals surface area contributed by atoms with Gasteiger partial charge in [0.15, 0.2) is 0 Å². The van der Waals surface area contributed by atoms with Crippen LogP contribution in [-0.4, -0.2) is 60.8 Å². The zero-order valence-corrected chi connectivity index (χ0v) is 18.1. The Morgan fingerprint density at radius 3 is 2.52 bits per heavy atom. The topological polar surface area (TPSA) is 42.0 Å². The molecule has 0 aromatic heterocycles. The molecule has 0 radical (unpaired) electrons. The lowest BCUT2D eigenvalue weighted by Crippen LogP contribution is -2.39. The van der Waals surface area contributed by atoms with Gasteiger partial charge in [0.1, 0.15) is 17.5 Å². The Morgan fingerprint density at radius 2 is 1.93 bits per heavy atom. The van der Waals surface area contributed by atoms with E-state index in [1.54, 1.807) is 30.1 Å². The Hall–Kier alpha value is -1.17. The first-order chi connectivity index (χ1) is 12.6. The number of rotatable bonds is 7. The predicted octanol–water partition coefficient (Wildman–Crippen LogP) is 5.09. The van der Waals surface area contributed by atoms with Gasteiger partial charge in [-0.3, -0.25) is 4.90 Å². The molecular weight excluding hydrogens is 387 g/mol. The molecule has 1 heterocycles. The zero-order valence-electron chi connectivity index (χ0n) is 16.6. The third kappa shape index (κ3) is 7.76. The van der Waals surface area contributed by atoms with Crippen LogP contribution in [-0.2, 0) is 4.74 Å². The first-order valence-electron chi connectivity index (χ1n) is 9.42. The Kier molecular flexibility index (Phi) is 8.07. The van der Waals surface area contributed by atoms with Gasteiger partial charge in [0.2, 0.25) is 0 Å². The van der Waals surface area contributed by atoms with Crippen LogP contribution in [0.15, 0.2) is 18.2 Å². The van der Waals surface area contributed by atoms with Crippen molar-refractivity contribution >= 4 is 29.3 Å². The lowest BCUT2D eigenvalue weighted by Gasteiger charge is -2.28. The van der Waals surface area contributed by atoms with Crippen molar-refractivity contribution in [1.29, 1.82) is 0 Å². The number of ether oxygens (including phenoxy) is 2. The second-order valence-corrected chi connectivity index (χ2v) is 8.86. The molecule has 5 nitrogen and oxygen atoms in total. The molecule has 0 bridgehead atoms. The monoisotopic (exact) mass is 416 g/mol. The quantitative estimate of drug-likeness (QED) is 0.620. The van der Waals surface area contributed by atoms with Crippen molar-refractivity contribution in [2.45, 2.75) is 51.7 Å². The summed E-state index contributed by atoms with van der Waals surface area (Å²) in [6, 6.07) is 5.24. The lowest BCUT2D eigenvalue weighted by atomic mass is 10.2. The number of carbonyl (C=O) groups is 1. The maximum absolute atomic E-state index is 12.2. The average Bonchev–Trinajstić information content (AvgIpc) is 3.06. The van der Waals surface area contributed by atoms with E-state index in [1.807, 2.05) is 20.8 Å². The van der Waals surface area contributed by atoms with Crippen molar-refractivity contribution in [1.82, 2.24) is 9.80 Å². The van der Waals surface area contributed by atoms with Gasteiger partial charge in [-0.25, -0.2) is 4.79 Å². The molecule has 152 valence electrons. The number of benzene rings is 1. The van der Waals surface area contributed by atoms with E-state index in [-0.39, 0.29) is 12.2 Å². The van der Waals surface area contributed by atoms with Crippen molar-refractivity contribution < 1.29 is 14.3 Å². The average molecular weight is 417 g/mol. The van der Waals surface area contributed by atoms with E-state index >= 15 is 0 Å². The van der Waals surface area contributed by atoms with E-state index in [0.717, 1.165) is 19.6 Å². The van der Waals surface area contributed by atoms with Crippen molar-refractivity contribution in [2.75, 3.05) is 33.2 Å². The summed E-state index contributed by atoms with van der Waals surface area (Å²) in [6.07, 6.45) is 2.71. The number of hydrogen-bond acceptors (Lipinski definition) is 4. The molecule has 1 unspecified atom stereocenters. The third-order valence-corrected chi connectivity index (χ3v) is 4.87. The molecule has 1 aliphatic heterocycles. The number of amides is 1. The minimum atomic E-state index is -0.506. The highest BCUT2D eigenvalue weighted by Gasteiger charge is 2.23. The molecule has 2 rings (SSSR count). The van der Waals surface area contributed by atoms with Gasteiger partial charge in [0.05, 0.1) is 5.02 Å². The smallest absolute Gasteiger partial charge is 0.410 e. The summed E-state index contributed by atoms with van der Waals surface area (Å²) in [5, 5.41) is 1.07. The maximum Gasteiger partial charge on any atom is 0.410 e. The summed E-state index contributed by atoms with van der Waals surface area (Å²) in [7, 11) is 1.75. The van der Waals surface area contributed by atoms with Crippen molar-refractivity contribution in [3.05, 3.63) is 28.2 Å². The van der Waals surface area contributed by atoms with Gasteiger partial charge in [-0.2, -0.15) is 0 Å². The fraction of sp³-hybridized carbons (Fsp3) is 0.650. The molecule has 1 aliphatic rings. The highest BCUT2D eigenvalue weighted by molar-refractivity contribution is 6.35. The van der Waals surface area contributed by atoms with E-state index in [4.69, 9.17) is 32.7 Å². The fourth-order valence-electron chi connectivity index (χ4n) is 2.96. The summed E-state index contributed by atoms with van der Waals surface area (Å²) in [5.74, 6) is 0.616. The molecule has 1 saturated heterocycles. The molecule has 1 amide bonds. The predicted molar refractivity (Wildman–Crippen MR) is 110 cm³/mol. The Balaban J connectivity index is 1.98. The molecule has 0 N–H and O–H groups in total. The third-order valence-electron chi connectivity index (χ3n) is 4.34. The first-order valence-corrected chi connectivity index (χ1v) is 10.2. The number of likely N-dealkylation sites (tertiary alicyclic amines) is 1. The van der Waals surface area contributed by atoms with Crippen molar-refractivity contribution in [2.24, 2.45) is 0 Å². The summed E-state index contributed by atoms with van der Waals surface area (Å²) in [6.45, 7) is 9.09. The van der Waals surface area contributed by atoms with Gasteiger partial charge < -0.3 is 14.4 Å². The van der Waals surface area contributed by atoms with Crippen LogP contribution in [0.4, 0.5) is 4.79 Å². The molecule has 1 aromatic rings. The van der Waals surface area contributed by atoms with Gasteiger partial charge >= 0.3 is 6.09 Å². The van der Waals surface area contributed by atoms with Crippen LogP contribution in [0.1, 0.15) is 40.0 Å². The Morgan fingerprint density at radius 1 is 1.26 bits per heavy atom. The largest absolute Gasteiger partial charge is 0.487 e. The highest BCUT2D eigenvalue weighted by atomic mass is 35.5. The summed E-state index contributed by atoms with van der Waals surface area (Å²) in [4.78, 5) is 16.2. The van der Waals surface area contributed by atoms with Crippen molar-refractivity contribution in [3.63, 3.8) is 0 Å². The van der Waals surface area contributed by atoms with Gasteiger partial charge in [0, 0.05) is 31.6 Å². The summed E-state index contributed by atoms with van der Waals surface area (Å²) in [5.41, 5.74) is -0.506. The van der Waals surface area contributed by atoms with Crippen LogP contribution < -0.4 is 4.74 Å².